The first-order valence-electron chi connectivity index (χ1n) is 24.7. The molecule has 62 heavy (non-hydrogen) atoms. The van der Waals surface area contributed by atoms with Crippen LogP contribution in [0.1, 0.15) is 32.6 Å². The van der Waals surface area contributed by atoms with Gasteiger partial charge in [-0.1, -0.05) is 224 Å². The second kappa shape index (κ2) is 28.7. The fourth-order valence-corrected chi connectivity index (χ4v) is 5.03. The highest BCUT2D eigenvalue weighted by Gasteiger charge is 2.12. The van der Waals surface area contributed by atoms with E-state index in [2.05, 4.69) is 65.8 Å². The number of benzene rings is 2. The molecule has 314 valence electrons. The maximum absolute atomic E-state index is 8.70. The first-order chi connectivity index (χ1) is 34.2. The normalized spacial score (nSPS) is 16.3. The van der Waals surface area contributed by atoms with Crippen LogP contribution < -0.4 is 4.90 Å². The zero-order valence-electron chi connectivity index (χ0n) is 45.9. The molecule has 0 saturated heterocycles. The molecule has 2 aromatic carbocycles. The van der Waals surface area contributed by atoms with E-state index < -0.39 is 30.6 Å². The molecule has 0 aliphatic heterocycles. The van der Waals surface area contributed by atoms with Crippen LogP contribution in [0.4, 0.5) is 5.69 Å². The van der Waals surface area contributed by atoms with E-state index in [0.717, 1.165) is 29.8 Å². The zero-order valence-corrected chi connectivity index (χ0v) is 35.9. The largest absolute Gasteiger partial charge is 0.341 e. The highest BCUT2D eigenvalue weighted by Crippen LogP contribution is 2.23. The number of hydrogen-bond acceptors (Lipinski definition) is 2. The van der Waals surface area contributed by atoms with Crippen LogP contribution in [0.2, 0.25) is 0 Å². The number of rotatable bonds is 28. The van der Waals surface area contributed by atoms with Crippen molar-refractivity contribution in [2.24, 2.45) is 0 Å². The minimum atomic E-state index is -1.39. The Morgan fingerprint density at radius 2 is 1.27 bits per heavy atom. The Bertz CT molecular complexity index is 2790. The summed E-state index contributed by atoms with van der Waals surface area (Å²) >= 11 is 0. The van der Waals surface area contributed by atoms with E-state index in [1.165, 1.54) is 4.90 Å². The van der Waals surface area contributed by atoms with Gasteiger partial charge in [0.1, 0.15) is 0 Å². The van der Waals surface area contributed by atoms with E-state index in [-0.39, 0.29) is 36.4 Å². The van der Waals surface area contributed by atoms with E-state index in [4.69, 9.17) is 13.7 Å². The third-order valence-corrected chi connectivity index (χ3v) is 8.74. The molecule has 2 heteroatoms. The average molecular weight is 823 g/mol. The predicted octanol–water partition coefficient (Wildman–Crippen LogP) is 16.1. The molecule has 2 nitrogen and oxygen atoms in total. The Morgan fingerprint density at radius 3 is 1.81 bits per heavy atom. The minimum Gasteiger partial charge on any atom is -0.341 e. The lowest BCUT2D eigenvalue weighted by atomic mass is 10.0. The molecule has 0 N–H and O–H groups in total. The van der Waals surface area contributed by atoms with Crippen LogP contribution in [0.5, 0.6) is 0 Å². The number of para-hydroxylation sites is 1. The van der Waals surface area contributed by atoms with Crippen molar-refractivity contribution >= 4 is 11.3 Å². The van der Waals surface area contributed by atoms with Gasteiger partial charge in [0.25, 0.3) is 0 Å². The Hall–Kier alpha value is -7.68. The quantitative estimate of drug-likeness (QED) is 0.0623. The molecule has 0 aliphatic carbocycles. The number of hydrogen-bond donors (Lipinski definition) is 0. The van der Waals surface area contributed by atoms with Gasteiger partial charge in [-0.25, -0.2) is 0 Å². The van der Waals surface area contributed by atoms with Crippen molar-refractivity contribution in [1.29, 1.82) is 0 Å². The molecule has 0 aliphatic rings. The van der Waals surface area contributed by atoms with Gasteiger partial charge in [-0.2, -0.15) is 0 Å². The molecule has 0 fully saturated rings. The van der Waals surface area contributed by atoms with E-state index in [9.17, 15) is 0 Å². The Morgan fingerprint density at radius 1 is 0.694 bits per heavy atom. The molecule has 2 atom stereocenters. The van der Waals surface area contributed by atoms with Crippen LogP contribution in [0.3, 0.4) is 0 Å². The van der Waals surface area contributed by atoms with Crippen molar-refractivity contribution in [3.63, 3.8) is 0 Å². The van der Waals surface area contributed by atoms with Crippen LogP contribution in [0.25, 0.3) is 5.57 Å². The van der Waals surface area contributed by atoms with Gasteiger partial charge >= 0.3 is 0 Å². The fourth-order valence-electron chi connectivity index (χ4n) is 5.03. The van der Waals surface area contributed by atoms with Crippen molar-refractivity contribution in [2.75, 3.05) is 11.4 Å². The standard InChI is InChI=1S/C60H64N2/c1-14-19-20-23-31-56(16-3)32-28-46-61(59(18-5)30-15-2)54(12)44-42-52(10)50(8)40-38-48(6)49(7)39-41-51(9)53(11)43-45-55(13)62(60-36-26-22-27-37-60)47-29-35-57(17-4)58-33-24-21-25-34-58/h14-29,31-46,59H,1-3,5-13,30,47H2,4H3/b20-19-,31-23+,35-29-,40-38-,41-39-,44-42-,45-43-,46-28+,56-32+,57-17+/i2D,5D,15D,18D,22D,26D,27D,30D,36D,37D/b15-2+,18-5+,20-19-,31-23+,35-29-,40-38-,41-39-,44-42-,45-43-,46-28+,56-32+,57-17+. The first kappa shape index (κ1) is 36.2. The van der Waals surface area contributed by atoms with Gasteiger partial charge in [0.05, 0.1) is 18.4 Å². The van der Waals surface area contributed by atoms with Crippen LogP contribution in [0.15, 0.2) is 324 Å². The third kappa shape index (κ3) is 18.1. The number of nitrogens with zero attached hydrogens (tertiary/aromatic N) is 2. The molecule has 2 aromatic rings. The molecule has 0 amide bonds. The predicted molar refractivity (Wildman–Crippen MR) is 279 cm³/mol. The molecule has 0 heterocycles. The highest BCUT2D eigenvalue weighted by atomic mass is 15.1. The van der Waals surface area contributed by atoms with Crippen molar-refractivity contribution < 1.29 is 13.7 Å². The Labute approximate surface area is 388 Å². The number of allylic oxidation sites excluding steroid dienone is 26. The smallest absolute Gasteiger partial charge is 0.0645 e. The molecule has 0 spiro atoms. The zero-order chi connectivity index (χ0) is 54.1. The second-order valence-electron chi connectivity index (χ2n) is 13.1. The summed E-state index contributed by atoms with van der Waals surface area (Å²) in [4.78, 5) is 3.05. The lowest BCUT2D eigenvalue weighted by Crippen LogP contribution is -2.26. The molecule has 0 bridgehead atoms. The van der Waals surface area contributed by atoms with Gasteiger partial charge in [0, 0.05) is 31.2 Å². The van der Waals surface area contributed by atoms with Gasteiger partial charge in [-0.3, -0.25) is 0 Å². The molecule has 0 radical (unpaired) electrons. The van der Waals surface area contributed by atoms with Crippen LogP contribution >= 0.6 is 0 Å². The van der Waals surface area contributed by atoms with Crippen molar-refractivity contribution in [1.82, 2.24) is 4.90 Å². The molecule has 0 aromatic heterocycles. The van der Waals surface area contributed by atoms with E-state index >= 15 is 0 Å². The summed E-state index contributed by atoms with van der Waals surface area (Å²) in [7, 11) is 0. The summed E-state index contributed by atoms with van der Waals surface area (Å²) in [6.07, 6.45) is 33.3. The summed E-state index contributed by atoms with van der Waals surface area (Å²) < 4.78 is 82.8. The van der Waals surface area contributed by atoms with Crippen molar-refractivity contribution in [3.8, 4) is 0 Å². The van der Waals surface area contributed by atoms with Crippen molar-refractivity contribution in [2.45, 2.75) is 19.4 Å². The molecule has 0 saturated carbocycles. The van der Waals surface area contributed by atoms with E-state index in [1.807, 2.05) is 73.7 Å². The SMILES string of the molecule is [2H]/C=C(\[2H])C([2H])C(/C([2H])=C/[2H])N(/C=C/C=C(C=C)/C=C/C=C\C=C)C(=C)/C=C\C(=C)C(=C)/C=C\C(=C)C(=C)/C=C\C(=C)C(=C)/C=C\C(=C)N(C/C=C\C(=C/C)c1ccccc1)c1c([2H])c([2H])c([2H])c([2H])c1[2H]. The summed E-state index contributed by atoms with van der Waals surface area (Å²) in [5.74, 6) is 0. The highest BCUT2D eigenvalue weighted by molar-refractivity contribution is 5.74. The third-order valence-electron chi connectivity index (χ3n) is 8.74. The Kier molecular flexibility index (Phi) is 16.8. The molecule has 2 rings (SSSR count). The fraction of sp³-hybridized carbons (Fsp3) is 0.0667. The lowest BCUT2D eigenvalue weighted by molar-refractivity contribution is 0.408. The van der Waals surface area contributed by atoms with Crippen LogP contribution in [0, 0.1) is 0 Å². The van der Waals surface area contributed by atoms with Gasteiger partial charge < -0.3 is 9.80 Å². The monoisotopic (exact) mass is 823 g/mol. The van der Waals surface area contributed by atoms with Crippen LogP contribution in [-0.2, 0) is 0 Å². The maximum atomic E-state index is 8.70. The van der Waals surface area contributed by atoms with Crippen LogP contribution in [-0.4, -0.2) is 17.5 Å². The molecular weight excluding hydrogens is 749 g/mol. The van der Waals surface area contributed by atoms with Gasteiger partial charge in [-0.05, 0) is 93.8 Å². The number of anilines is 1. The van der Waals surface area contributed by atoms with E-state index in [0.29, 0.717) is 44.8 Å². The summed E-state index contributed by atoms with van der Waals surface area (Å²) in [6.45, 7) is 44.2. The lowest BCUT2D eigenvalue weighted by Gasteiger charge is -2.28. The minimum absolute atomic E-state index is 0.0156. The van der Waals surface area contributed by atoms with Gasteiger partial charge in [0.2, 0.25) is 0 Å². The molecule has 2 unspecified atom stereocenters. The topological polar surface area (TPSA) is 6.48 Å². The van der Waals surface area contributed by atoms with Gasteiger partial charge in [-0.15, -0.1) is 13.1 Å². The summed E-state index contributed by atoms with van der Waals surface area (Å²) in [6, 6.07) is 5.88. The Balaban J connectivity index is 2.28. The van der Waals surface area contributed by atoms with E-state index in [1.54, 1.807) is 90.1 Å². The maximum Gasteiger partial charge on any atom is 0.0645 e. The van der Waals surface area contributed by atoms with Gasteiger partial charge in [0.15, 0.2) is 0 Å². The summed E-state index contributed by atoms with van der Waals surface area (Å²) in [5.41, 5.74) is 6.53. The first-order valence-corrected chi connectivity index (χ1v) is 19.5. The summed E-state index contributed by atoms with van der Waals surface area (Å²) in [5, 5.41) is 0. The second-order valence-corrected chi connectivity index (χ2v) is 13.1. The average Bonchev–Trinajstić information content (AvgIpc) is 3.39. The van der Waals surface area contributed by atoms with Crippen molar-refractivity contribution in [3.05, 3.63) is 329 Å². The molecular formula is C60H64N2.